The minimum absolute atomic E-state index is 0.381. The Morgan fingerprint density at radius 1 is 1.38 bits per heavy atom. The van der Waals surface area contributed by atoms with Crippen molar-refractivity contribution < 1.29 is 13.9 Å². The van der Waals surface area contributed by atoms with Crippen LogP contribution < -0.4 is 0 Å². The molecular formula is C15H15N3O3. The normalized spacial score (nSPS) is 12.5. The molecule has 0 radical (unpaired) electrons. The van der Waals surface area contributed by atoms with Gasteiger partial charge in [0.1, 0.15) is 11.1 Å². The first kappa shape index (κ1) is 13.4. The predicted octanol–water partition coefficient (Wildman–Crippen LogP) is 2.79. The molecule has 0 unspecified atom stereocenters. The van der Waals surface area contributed by atoms with E-state index in [2.05, 4.69) is 10.1 Å². The average molecular weight is 285 g/mol. The number of hydrogen-bond donors (Lipinski definition) is 0. The summed E-state index contributed by atoms with van der Waals surface area (Å²) in [7, 11) is 1.77. The van der Waals surface area contributed by atoms with Crippen LogP contribution >= 0.6 is 0 Å². The van der Waals surface area contributed by atoms with Crippen molar-refractivity contribution in [2.24, 2.45) is 7.05 Å². The van der Waals surface area contributed by atoms with Crippen molar-refractivity contribution in [3.8, 4) is 0 Å². The second-order valence-corrected chi connectivity index (χ2v) is 4.83. The SMILES string of the molecule is Cc1c(C(=O)O[C@@H](C)c2nc3ccccc3o2)cnn1C. The molecule has 0 aliphatic heterocycles. The number of para-hydroxylation sites is 2. The van der Waals surface area contributed by atoms with Crippen LogP contribution in [0.5, 0.6) is 0 Å². The van der Waals surface area contributed by atoms with E-state index in [1.165, 1.54) is 6.20 Å². The summed E-state index contributed by atoms with van der Waals surface area (Å²) in [6, 6.07) is 7.42. The first-order valence-electron chi connectivity index (χ1n) is 6.61. The Bertz CT molecular complexity index is 770. The molecule has 1 atom stereocenters. The quantitative estimate of drug-likeness (QED) is 0.692. The number of ether oxygens (including phenoxy) is 1. The number of esters is 1. The van der Waals surface area contributed by atoms with Gasteiger partial charge >= 0.3 is 5.97 Å². The highest BCUT2D eigenvalue weighted by Gasteiger charge is 2.21. The smallest absolute Gasteiger partial charge is 0.342 e. The van der Waals surface area contributed by atoms with Crippen LogP contribution in [0.4, 0.5) is 0 Å². The lowest BCUT2D eigenvalue weighted by atomic mass is 10.2. The third kappa shape index (κ3) is 2.40. The van der Waals surface area contributed by atoms with Crippen LogP contribution in [-0.4, -0.2) is 20.7 Å². The van der Waals surface area contributed by atoms with E-state index in [0.717, 1.165) is 11.2 Å². The van der Waals surface area contributed by atoms with Crippen LogP contribution in [0.25, 0.3) is 11.1 Å². The summed E-state index contributed by atoms with van der Waals surface area (Å²) in [4.78, 5) is 16.5. The molecule has 108 valence electrons. The fourth-order valence-electron chi connectivity index (χ4n) is 2.04. The van der Waals surface area contributed by atoms with Crippen molar-refractivity contribution in [1.29, 1.82) is 0 Å². The number of rotatable bonds is 3. The lowest BCUT2D eigenvalue weighted by molar-refractivity contribution is 0.0281. The van der Waals surface area contributed by atoms with Crippen molar-refractivity contribution in [2.45, 2.75) is 20.0 Å². The Morgan fingerprint density at radius 2 is 2.14 bits per heavy atom. The summed E-state index contributed by atoms with van der Waals surface area (Å²) in [5.74, 6) is -0.0542. The molecule has 0 bridgehead atoms. The molecule has 2 heterocycles. The summed E-state index contributed by atoms with van der Waals surface area (Å²) in [5.41, 5.74) is 2.62. The maximum Gasteiger partial charge on any atom is 0.342 e. The number of hydrogen-bond acceptors (Lipinski definition) is 5. The van der Waals surface area contributed by atoms with Crippen molar-refractivity contribution in [3.05, 3.63) is 47.6 Å². The molecule has 2 aromatic heterocycles. The summed E-state index contributed by atoms with van der Waals surface area (Å²) in [6.07, 6.45) is 0.931. The number of fused-ring (bicyclic) bond motifs is 1. The molecule has 0 saturated heterocycles. The number of nitrogens with zero attached hydrogens (tertiary/aromatic N) is 3. The number of benzene rings is 1. The second kappa shape index (κ2) is 5.05. The third-order valence-electron chi connectivity index (χ3n) is 3.40. The van der Waals surface area contributed by atoms with Gasteiger partial charge in [0, 0.05) is 12.7 Å². The van der Waals surface area contributed by atoms with E-state index >= 15 is 0 Å². The topological polar surface area (TPSA) is 70.2 Å². The average Bonchev–Trinajstić information content (AvgIpc) is 3.03. The van der Waals surface area contributed by atoms with E-state index in [1.807, 2.05) is 31.2 Å². The summed E-state index contributed by atoms with van der Waals surface area (Å²) in [6.45, 7) is 3.54. The van der Waals surface area contributed by atoms with E-state index < -0.39 is 12.1 Å². The number of aromatic nitrogens is 3. The largest absolute Gasteiger partial charge is 0.449 e. The van der Waals surface area contributed by atoms with Gasteiger partial charge in [-0.25, -0.2) is 9.78 Å². The predicted molar refractivity (Wildman–Crippen MR) is 75.8 cm³/mol. The molecule has 0 aliphatic rings. The monoisotopic (exact) mass is 285 g/mol. The fourth-order valence-corrected chi connectivity index (χ4v) is 2.04. The highest BCUT2D eigenvalue weighted by atomic mass is 16.6. The van der Waals surface area contributed by atoms with Gasteiger partial charge in [-0.1, -0.05) is 12.1 Å². The van der Waals surface area contributed by atoms with Crippen molar-refractivity contribution in [2.75, 3.05) is 0 Å². The van der Waals surface area contributed by atoms with Crippen LogP contribution in [0, 0.1) is 6.92 Å². The summed E-state index contributed by atoms with van der Waals surface area (Å²) >= 11 is 0. The van der Waals surface area contributed by atoms with Crippen molar-refractivity contribution in [3.63, 3.8) is 0 Å². The van der Waals surface area contributed by atoms with Gasteiger partial charge in [-0.05, 0) is 26.0 Å². The van der Waals surface area contributed by atoms with E-state index in [-0.39, 0.29) is 0 Å². The fraction of sp³-hybridized carbons (Fsp3) is 0.267. The Morgan fingerprint density at radius 3 is 2.81 bits per heavy atom. The molecule has 3 aromatic rings. The van der Waals surface area contributed by atoms with E-state index in [0.29, 0.717) is 17.0 Å². The van der Waals surface area contributed by atoms with Gasteiger partial charge in [0.15, 0.2) is 11.7 Å². The molecule has 0 aliphatic carbocycles. The molecule has 6 heteroatoms. The van der Waals surface area contributed by atoms with Gasteiger partial charge < -0.3 is 9.15 Å². The number of carbonyl (C=O) groups excluding carboxylic acids is 1. The highest BCUT2D eigenvalue weighted by Crippen LogP contribution is 2.23. The van der Waals surface area contributed by atoms with Gasteiger partial charge in [0.05, 0.1) is 6.20 Å². The second-order valence-electron chi connectivity index (χ2n) is 4.83. The highest BCUT2D eigenvalue weighted by molar-refractivity contribution is 5.90. The molecular weight excluding hydrogens is 270 g/mol. The van der Waals surface area contributed by atoms with Crippen molar-refractivity contribution >= 4 is 17.1 Å². The van der Waals surface area contributed by atoms with Gasteiger partial charge in [-0.3, -0.25) is 4.68 Å². The third-order valence-corrected chi connectivity index (χ3v) is 3.40. The number of aryl methyl sites for hydroxylation is 1. The van der Waals surface area contributed by atoms with E-state index in [9.17, 15) is 4.79 Å². The van der Waals surface area contributed by atoms with E-state index in [1.54, 1.807) is 18.7 Å². The first-order chi connectivity index (χ1) is 10.1. The molecule has 1 aromatic carbocycles. The Hall–Kier alpha value is -2.63. The zero-order valence-corrected chi connectivity index (χ0v) is 12.0. The Kier molecular flexibility index (Phi) is 3.21. The van der Waals surface area contributed by atoms with Crippen LogP contribution in [0.15, 0.2) is 34.9 Å². The lowest BCUT2D eigenvalue weighted by Gasteiger charge is -2.09. The number of oxazole rings is 1. The van der Waals surface area contributed by atoms with Gasteiger partial charge in [0.25, 0.3) is 0 Å². The summed E-state index contributed by atoms with van der Waals surface area (Å²) in [5, 5.41) is 4.03. The Balaban J connectivity index is 1.81. The van der Waals surface area contributed by atoms with Crippen LogP contribution in [-0.2, 0) is 11.8 Å². The maximum absolute atomic E-state index is 12.1. The molecule has 21 heavy (non-hydrogen) atoms. The number of carbonyl (C=O) groups is 1. The Labute approximate surface area is 121 Å². The molecule has 6 nitrogen and oxygen atoms in total. The lowest BCUT2D eigenvalue weighted by Crippen LogP contribution is -2.10. The van der Waals surface area contributed by atoms with Crippen LogP contribution in [0.3, 0.4) is 0 Å². The molecule has 0 N–H and O–H groups in total. The van der Waals surface area contributed by atoms with Crippen molar-refractivity contribution in [1.82, 2.24) is 14.8 Å². The maximum atomic E-state index is 12.1. The zero-order valence-electron chi connectivity index (χ0n) is 12.0. The van der Waals surface area contributed by atoms with E-state index in [4.69, 9.17) is 9.15 Å². The van der Waals surface area contributed by atoms with Crippen LogP contribution in [0.2, 0.25) is 0 Å². The molecule has 0 saturated carbocycles. The zero-order chi connectivity index (χ0) is 15.0. The molecule has 0 amide bonds. The van der Waals surface area contributed by atoms with Crippen LogP contribution in [0.1, 0.15) is 35.0 Å². The van der Waals surface area contributed by atoms with Gasteiger partial charge in [0.2, 0.25) is 5.89 Å². The standard InChI is InChI=1S/C15H15N3O3/c1-9-11(8-16-18(9)3)15(19)20-10(2)14-17-12-6-4-5-7-13(12)21-14/h4-8,10H,1-3H3/t10-/m0/s1. The summed E-state index contributed by atoms with van der Waals surface area (Å²) < 4.78 is 12.6. The minimum Gasteiger partial charge on any atom is -0.449 e. The van der Waals surface area contributed by atoms with Gasteiger partial charge in [-0.2, -0.15) is 5.10 Å². The van der Waals surface area contributed by atoms with Gasteiger partial charge in [-0.15, -0.1) is 0 Å². The minimum atomic E-state index is -0.565. The first-order valence-corrected chi connectivity index (χ1v) is 6.61. The molecule has 0 fully saturated rings. The molecule has 0 spiro atoms. The molecule has 3 rings (SSSR count).